The SMILES string of the molecule is CCC(=O)C1CC(C)C1(C(F)(F)F)C(F)(F)F. The Kier molecular flexibility index (Phi) is 3.27. The van der Waals surface area contributed by atoms with Gasteiger partial charge in [0.05, 0.1) is 0 Å². The van der Waals surface area contributed by atoms with Crippen molar-refractivity contribution >= 4 is 5.78 Å². The van der Waals surface area contributed by atoms with Gasteiger partial charge in [-0.05, 0) is 12.3 Å². The van der Waals surface area contributed by atoms with E-state index in [9.17, 15) is 31.1 Å². The molecule has 0 amide bonds. The molecule has 2 atom stereocenters. The average molecular weight is 262 g/mol. The molecule has 0 aromatic carbocycles. The normalized spacial score (nSPS) is 28.7. The zero-order valence-electron chi connectivity index (χ0n) is 9.24. The van der Waals surface area contributed by atoms with Gasteiger partial charge < -0.3 is 0 Å². The molecule has 1 nitrogen and oxygen atoms in total. The molecule has 17 heavy (non-hydrogen) atoms. The van der Waals surface area contributed by atoms with E-state index in [2.05, 4.69) is 0 Å². The fourth-order valence-electron chi connectivity index (χ4n) is 2.65. The van der Waals surface area contributed by atoms with E-state index < -0.39 is 35.4 Å². The zero-order valence-corrected chi connectivity index (χ0v) is 9.24. The topological polar surface area (TPSA) is 17.1 Å². The monoisotopic (exact) mass is 262 g/mol. The van der Waals surface area contributed by atoms with Crippen molar-refractivity contribution < 1.29 is 31.1 Å². The molecule has 0 saturated heterocycles. The molecule has 7 heteroatoms. The molecular weight excluding hydrogens is 250 g/mol. The quantitative estimate of drug-likeness (QED) is 0.693. The molecule has 1 aliphatic rings. The predicted octanol–water partition coefficient (Wildman–Crippen LogP) is 3.73. The summed E-state index contributed by atoms with van der Waals surface area (Å²) < 4.78 is 76.7. The summed E-state index contributed by atoms with van der Waals surface area (Å²) in [6, 6.07) is 0. The van der Waals surface area contributed by atoms with Gasteiger partial charge in [-0.15, -0.1) is 0 Å². The summed E-state index contributed by atoms with van der Waals surface area (Å²) in [5.74, 6) is -4.57. The second-order valence-corrected chi connectivity index (χ2v) is 4.37. The lowest BCUT2D eigenvalue weighted by molar-refractivity contribution is -0.399. The third-order valence-corrected chi connectivity index (χ3v) is 3.59. The van der Waals surface area contributed by atoms with Crippen LogP contribution in [0.4, 0.5) is 26.3 Å². The third kappa shape index (κ3) is 1.74. The number of rotatable bonds is 2. The molecule has 0 heterocycles. The van der Waals surface area contributed by atoms with Crippen LogP contribution in [0.5, 0.6) is 0 Å². The number of Topliss-reactive ketones (excluding diaryl/α,β-unsaturated/α-hetero) is 1. The van der Waals surface area contributed by atoms with Crippen LogP contribution in [0.2, 0.25) is 0 Å². The number of ketones is 1. The highest BCUT2D eigenvalue weighted by Crippen LogP contribution is 2.68. The summed E-state index contributed by atoms with van der Waals surface area (Å²) in [6.45, 7) is 2.16. The highest BCUT2D eigenvalue weighted by atomic mass is 19.4. The smallest absolute Gasteiger partial charge is 0.299 e. The van der Waals surface area contributed by atoms with Crippen LogP contribution >= 0.6 is 0 Å². The summed E-state index contributed by atoms with van der Waals surface area (Å²) in [7, 11) is 0. The van der Waals surface area contributed by atoms with Crippen LogP contribution in [0.15, 0.2) is 0 Å². The van der Waals surface area contributed by atoms with Gasteiger partial charge in [-0.3, -0.25) is 4.79 Å². The van der Waals surface area contributed by atoms with Crippen molar-refractivity contribution in [1.82, 2.24) is 0 Å². The standard InChI is InChI=1S/C10H12F6O/c1-3-7(17)6-4-5(2)8(6,9(11,12)13)10(14,15)16/h5-6H,3-4H2,1-2H3. The first-order valence-electron chi connectivity index (χ1n) is 5.16. The lowest BCUT2D eigenvalue weighted by Crippen LogP contribution is -2.67. The third-order valence-electron chi connectivity index (χ3n) is 3.59. The maximum absolute atomic E-state index is 12.8. The molecule has 0 aromatic rings. The van der Waals surface area contributed by atoms with Crippen LogP contribution in [0.1, 0.15) is 26.7 Å². The van der Waals surface area contributed by atoms with Gasteiger partial charge in [-0.25, -0.2) is 0 Å². The fourth-order valence-corrected chi connectivity index (χ4v) is 2.65. The Morgan fingerprint density at radius 1 is 1.18 bits per heavy atom. The lowest BCUT2D eigenvalue weighted by Gasteiger charge is -2.54. The van der Waals surface area contributed by atoms with Crippen molar-refractivity contribution in [3.63, 3.8) is 0 Å². The van der Waals surface area contributed by atoms with E-state index >= 15 is 0 Å². The fraction of sp³-hybridized carbons (Fsp3) is 0.900. The average Bonchev–Trinajstić information content (AvgIpc) is 2.07. The number of carbonyl (C=O) groups excluding carboxylic acids is 1. The Morgan fingerprint density at radius 2 is 1.59 bits per heavy atom. The number of halogens is 6. The van der Waals surface area contributed by atoms with Gasteiger partial charge in [0.1, 0.15) is 5.78 Å². The van der Waals surface area contributed by atoms with Gasteiger partial charge in [0.15, 0.2) is 5.41 Å². The second-order valence-electron chi connectivity index (χ2n) is 4.37. The summed E-state index contributed by atoms with van der Waals surface area (Å²) in [5, 5.41) is 0. The Hall–Kier alpha value is -0.750. The first-order valence-corrected chi connectivity index (χ1v) is 5.16. The van der Waals surface area contributed by atoms with Crippen molar-refractivity contribution in [2.75, 3.05) is 0 Å². The van der Waals surface area contributed by atoms with E-state index in [1.54, 1.807) is 0 Å². The molecule has 0 radical (unpaired) electrons. The van der Waals surface area contributed by atoms with Gasteiger partial charge in [-0.2, -0.15) is 26.3 Å². The van der Waals surface area contributed by atoms with E-state index in [4.69, 9.17) is 0 Å². The van der Waals surface area contributed by atoms with E-state index in [1.165, 1.54) is 6.92 Å². The van der Waals surface area contributed by atoms with Crippen LogP contribution in [-0.4, -0.2) is 18.1 Å². The van der Waals surface area contributed by atoms with E-state index in [1.807, 2.05) is 0 Å². The summed E-state index contributed by atoms with van der Waals surface area (Å²) in [6.07, 6.45) is -11.6. The maximum atomic E-state index is 12.8. The molecule has 1 rings (SSSR count). The Bertz CT molecular complexity index is 302. The van der Waals surface area contributed by atoms with Crippen LogP contribution in [0.25, 0.3) is 0 Å². The molecule has 0 aliphatic heterocycles. The molecule has 0 spiro atoms. The van der Waals surface area contributed by atoms with Crippen molar-refractivity contribution in [2.24, 2.45) is 17.3 Å². The predicted molar refractivity (Wildman–Crippen MR) is 47.1 cm³/mol. The number of hydrogen-bond donors (Lipinski definition) is 0. The Balaban J connectivity index is 3.28. The molecule has 1 fully saturated rings. The van der Waals surface area contributed by atoms with E-state index in [-0.39, 0.29) is 12.8 Å². The molecule has 1 aliphatic carbocycles. The minimum Gasteiger partial charge on any atom is -0.299 e. The van der Waals surface area contributed by atoms with Crippen LogP contribution in [-0.2, 0) is 4.79 Å². The summed E-state index contributed by atoms with van der Waals surface area (Å²) in [4.78, 5) is 11.2. The van der Waals surface area contributed by atoms with Crippen molar-refractivity contribution in [2.45, 2.75) is 39.0 Å². The van der Waals surface area contributed by atoms with Crippen molar-refractivity contribution in [3.8, 4) is 0 Å². The number of alkyl halides is 6. The van der Waals surface area contributed by atoms with Gasteiger partial charge in [0.25, 0.3) is 0 Å². The van der Waals surface area contributed by atoms with Crippen LogP contribution in [0, 0.1) is 17.3 Å². The maximum Gasteiger partial charge on any atom is 0.404 e. The summed E-state index contributed by atoms with van der Waals surface area (Å²) >= 11 is 0. The van der Waals surface area contributed by atoms with Gasteiger partial charge in [0.2, 0.25) is 0 Å². The Morgan fingerprint density at radius 3 is 1.82 bits per heavy atom. The highest BCUT2D eigenvalue weighted by Gasteiger charge is 2.81. The van der Waals surface area contributed by atoms with Gasteiger partial charge in [-0.1, -0.05) is 13.8 Å². The molecule has 100 valence electrons. The largest absolute Gasteiger partial charge is 0.404 e. The molecule has 1 saturated carbocycles. The van der Waals surface area contributed by atoms with Crippen LogP contribution in [0.3, 0.4) is 0 Å². The molecule has 0 N–H and O–H groups in total. The highest BCUT2D eigenvalue weighted by molar-refractivity contribution is 5.83. The molecular formula is C10H12F6O. The molecule has 2 unspecified atom stereocenters. The first kappa shape index (κ1) is 14.3. The zero-order chi connectivity index (χ0) is 13.6. The van der Waals surface area contributed by atoms with Crippen molar-refractivity contribution in [1.29, 1.82) is 0 Å². The number of hydrogen-bond acceptors (Lipinski definition) is 1. The first-order chi connectivity index (χ1) is 7.50. The summed E-state index contributed by atoms with van der Waals surface area (Å²) in [5.41, 5.74) is -3.85. The second kappa shape index (κ2) is 3.88. The molecule has 0 bridgehead atoms. The molecule has 0 aromatic heterocycles. The van der Waals surface area contributed by atoms with E-state index in [0.717, 1.165) is 6.92 Å². The van der Waals surface area contributed by atoms with Gasteiger partial charge in [0, 0.05) is 12.3 Å². The van der Waals surface area contributed by atoms with Crippen molar-refractivity contribution in [3.05, 3.63) is 0 Å². The minimum absolute atomic E-state index is 0.314. The lowest BCUT2D eigenvalue weighted by atomic mass is 9.50. The Labute approximate surface area is 94.2 Å². The number of carbonyl (C=O) groups is 1. The van der Waals surface area contributed by atoms with E-state index in [0.29, 0.717) is 0 Å². The minimum atomic E-state index is -5.45. The van der Waals surface area contributed by atoms with Crippen LogP contribution < -0.4 is 0 Å². The van der Waals surface area contributed by atoms with Gasteiger partial charge >= 0.3 is 12.4 Å².